The highest BCUT2D eigenvalue weighted by Crippen LogP contribution is 2.26. The van der Waals surface area contributed by atoms with Gasteiger partial charge in [0.15, 0.2) is 0 Å². The fourth-order valence-corrected chi connectivity index (χ4v) is 1.75. The second-order valence-corrected chi connectivity index (χ2v) is 4.48. The number of rotatable bonds is 5. The maximum atomic E-state index is 13.8. The molecule has 1 N–H and O–H groups in total. The Hall–Kier alpha value is -1.81. The lowest BCUT2D eigenvalue weighted by molar-refractivity contribution is -0.00344. The smallest absolute Gasteiger partial charge is 0.285 e. The van der Waals surface area contributed by atoms with E-state index in [-0.39, 0.29) is 12.1 Å². The zero-order chi connectivity index (χ0) is 13.7. The van der Waals surface area contributed by atoms with Crippen LogP contribution in [-0.4, -0.2) is 11.5 Å². The van der Waals surface area contributed by atoms with E-state index < -0.39 is 5.92 Å². The number of alkyl halides is 2. The van der Waals surface area contributed by atoms with Crippen LogP contribution in [0.2, 0.25) is 0 Å². The summed E-state index contributed by atoms with van der Waals surface area (Å²) < 4.78 is 27.7. The molecule has 0 bridgehead atoms. The normalized spacial score (nSPS) is 11.5. The quantitative estimate of drug-likeness (QED) is 0.894. The number of benzene rings is 1. The molecule has 0 aliphatic heterocycles. The fourth-order valence-electron chi connectivity index (χ4n) is 1.75. The number of halogens is 2. The molecule has 0 radical (unpaired) electrons. The van der Waals surface area contributed by atoms with Crippen molar-refractivity contribution in [1.29, 1.82) is 0 Å². The zero-order valence-corrected chi connectivity index (χ0v) is 10.7. The molecular formula is C15H16F2N2. The first-order chi connectivity index (χ1) is 9.08. The van der Waals surface area contributed by atoms with Crippen LogP contribution in [-0.2, 0) is 12.5 Å². The standard InChI is InChI=1S/C15H16F2N2/c1-12-7-8-13(10-19-12)9-18-11-15(16,17)14-5-3-2-4-6-14/h2-8,10,18H,9,11H2,1H3. The van der Waals surface area contributed by atoms with Crippen molar-refractivity contribution in [3.63, 3.8) is 0 Å². The van der Waals surface area contributed by atoms with Gasteiger partial charge in [-0.15, -0.1) is 0 Å². The molecular weight excluding hydrogens is 246 g/mol. The van der Waals surface area contributed by atoms with Crippen molar-refractivity contribution in [2.45, 2.75) is 19.4 Å². The summed E-state index contributed by atoms with van der Waals surface area (Å²) in [6.45, 7) is 1.89. The number of aryl methyl sites for hydroxylation is 1. The molecule has 4 heteroatoms. The molecule has 100 valence electrons. The van der Waals surface area contributed by atoms with Gasteiger partial charge in [-0.1, -0.05) is 36.4 Å². The molecule has 2 rings (SSSR count). The van der Waals surface area contributed by atoms with Gasteiger partial charge >= 0.3 is 0 Å². The first-order valence-corrected chi connectivity index (χ1v) is 6.13. The summed E-state index contributed by atoms with van der Waals surface area (Å²) in [5.74, 6) is -2.86. The molecule has 0 atom stereocenters. The van der Waals surface area contributed by atoms with E-state index in [1.165, 1.54) is 12.1 Å². The van der Waals surface area contributed by atoms with Crippen LogP contribution >= 0.6 is 0 Å². The minimum absolute atomic E-state index is 0.0320. The third kappa shape index (κ3) is 3.83. The highest BCUT2D eigenvalue weighted by Gasteiger charge is 2.30. The van der Waals surface area contributed by atoms with Gasteiger partial charge in [-0.05, 0) is 18.6 Å². The SMILES string of the molecule is Cc1ccc(CNCC(F)(F)c2ccccc2)cn1. The largest absolute Gasteiger partial charge is 0.307 e. The molecule has 1 aromatic heterocycles. The van der Waals surface area contributed by atoms with E-state index in [2.05, 4.69) is 10.3 Å². The van der Waals surface area contributed by atoms with Crippen LogP contribution in [0, 0.1) is 6.92 Å². The Kier molecular flexibility index (Phi) is 4.22. The van der Waals surface area contributed by atoms with E-state index in [1.807, 2.05) is 19.1 Å². The molecule has 0 spiro atoms. The van der Waals surface area contributed by atoms with E-state index in [9.17, 15) is 8.78 Å². The Balaban J connectivity index is 1.90. The maximum absolute atomic E-state index is 13.8. The number of hydrogen-bond acceptors (Lipinski definition) is 2. The average Bonchev–Trinajstić information content (AvgIpc) is 2.42. The highest BCUT2D eigenvalue weighted by molar-refractivity contribution is 5.20. The first kappa shape index (κ1) is 13.6. The molecule has 0 fully saturated rings. The van der Waals surface area contributed by atoms with Crippen LogP contribution in [0.4, 0.5) is 8.78 Å². The molecule has 0 amide bonds. The molecule has 0 unspecified atom stereocenters. The lowest BCUT2D eigenvalue weighted by Crippen LogP contribution is -2.30. The van der Waals surface area contributed by atoms with Gasteiger partial charge in [-0.25, -0.2) is 0 Å². The lowest BCUT2D eigenvalue weighted by atomic mass is 10.1. The van der Waals surface area contributed by atoms with Crippen molar-refractivity contribution in [1.82, 2.24) is 10.3 Å². The van der Waals surface area contributed by atoms with Crippen LogP contribution in [0.3, 0.4) is 0 Å². The van der Waals surface area contributed by atoms with Crippen LogP contribution in [0.1, 0.15) is 16.8 Å². The molecule has 0 saturated carbocycles. The monoisotopic (exact) mass is 262 g/mol. The number of hydrogen-bond donors (Lipinski definition) is 1. The molecule has 0 aliphatic carbocycles. The molecule has 2 nitrogen and oxygen atoms in total. The number of aromatic nitrogens is 1. The number of pyridine rings is 1. The van der Waals surface area contributed by atoms with Crippen molar-refractivity contribution >= 4 is 0 Å². The van der Waals surface area contributed by atoms with E-state index in [0.29, 0.717) is 6.54 Å². The van der Waals surface area contributed by atoms with Crippen LogP contribution in [0.25, 0.3) is 0 Å². The van der Waals surface area contributed by atoms with Crippen molar-refractivity contribution in [3.8, 4) is 0 Å². The summed E-state index contributed by atoms with van der Waals surface area (Å²) in [4.78, 5) is 4.12. The molecule has 19 heavy (non-hydrogen) atoms. The third-order valence-corrected chi connectivity index (χ3v) is 2.84. The second-order valence-electron chi connectivity index (χ2n) is 4.48. The summed E-state index contributed by atoms with van der Waals surface area (Å²) in [5.41, 5.74) is 1.84. The summed E-state index contributed by atoms with van der Waals surface area (Å²) >= 11 is 0. The Morgan fingerprint density at radius 2 is 1.84 bits per heavy atom. The van der Waals surface area contributed by atoms with Gasteiger partial charge in [0.05, 0.1) is 6.54 Å². The van der Waals surface area contributed by atoms with Gasteiger partial charge < -0.3 is 5.32 Å². The maximum Gasteiger partial charge on any atom is 0.285 e. The first-order valence-electron chi connectivity index (χ1n) is 6.13. The van der Waals surface area contributed by atoms with Gasteiger partial charge in [0.1, 0.15) is 0 Å². The van der Waals surface area contributed by atoms with E-state index >= 15 is 0 Å². The van der Waals surface area contributed by atoms with E-state index in [0.717, 1.165) is 11.3 Å². The van der Waals surface area contributed by atoms with Crippen molar-refractivity contribution in [3.05, 3.63) is 65.5 Å². The second kappa shape index (κ2) is 5.89. The van der Waals surface area contributed by atoms with Crippen LogP contribution < -0.4 is 5.32 Å². The molecule has 0 aliphatic rings. The number of nitrogens with zero attached hydrogens (tertiary/aromatic N) is 1. The minimum Gasteiger partial charge on any atom is -0.307 e. The molecule has 2 aromatic rings. The van der Waals surface area contributed by atoms with E-state index in [1.54, 1.807) is 24.4 Å². The van der Waals surface area contributed by atoms with Crippen LogP contribution in [0.5, 0.6) is 0 Å². The summed E-state index contributed by atoms with van der Waals surface area (Å²) in [5, 5.41) is 2.77. The minimum atomic E-state index is -2.86. The third-order valence-electron chi connectivity index (χ3n) is 2.84. The highest BCUT2D eigenvalue weighted by atomic mass is 19.3. The lowest BCUT2D eigenvalue weighted by Gasteiger charge is -2.17. The Morgan fingerprint density at radius 3 is 2.47 bits per heavy atom. The van der Waals surface area contributed by atoms with E-state index in [4.69, 9.17) is 0 Å². The predicted octanol–water partition coefficient (Wildman–Crippen LogP) is 3.27. The molecule has 0 saturated heterocycles. The summed E-state index contributed by atoms with van der Waals surface area (Å²) in [6, 6.07) is 11.6. The summed E-state index contributed by atoms with van der Waals surface area (Å²) in [6.07, 6.45) is 1.70. The average molecular weight is 262 g/mol. The van der Waals surface area contributed by atoms with Crippen LogP contribution in [0.15, 0.2) is 48.7 Å². The number of nitrogens with one attached hydrogen (secondary N) is 1. The van der Waals surface area contributed by atoms with Crippen molar-refractivity contribution in [2.24, 2.45) is 0 Å². The zero-order valence-electron chi connectivity index (χ0n) is 10.7. The Morgan fingerprint density at radius 1 is 1.11 bits per heavy atom. The van der Waals surface area contributed by atoms with Crippen molar-refractivity contribution in [2.75, 3.05) is 6.54 Å². The predicted molar refractivity (Wildman–Crippen MR) is 71.0 cm³/mol. The molecule has 1 heterocycles. The summed E-state index contributed by atoms with van der Waals surface area (Å²) in [7, 11) is 0. The fraction of sp³-hybridized carbons (Fsp3) is 0.267. The Bertz CT molecular complexity index is 509. The van der Waals surface area contributed by atoms with Crippen molar-refractivity contribution < 1.29 is 8.78 Å². The van der Waals surface area contributed by atoms with Gasteiger partial charge in [-0.2, -0.15) is 8.78 Å². The Labute approximate surface area is 111 Å². The molecule has 1 aromatic carbocycles. The van der Waals surface area contributed by atoms with Gasteiger partial charge in [0.25, 0.3) is 5.92 Å². The topological polar surface area (TPSA) is 24.9 Å². The van der Waals surface area contributed by atoms with Gasteiger partial charge in [-0.3, -0.25) is 4.98 Å². The van der Waals surface area contributed by atoms with Gasteiger partial charge in [0, 0.05) is 24.0 Å². The van der Waals surface area contributed by atoms with Gasteiger partial charge in [0.2, 0.25) is 0 Å².